The molecule has 0 aliphatic rings. The maximum Gasteiger partial charge on any atom is 0.230 e. The number of para-hydroxylation sites is 1. The zero-order valence-electron chi connectivity index (χ0n) is 13.0. The Labute approximate surface area is 142 Å². The molecule has 0 aliphatic heterocycles. The first-order valence-corrected chi connectivity index (χ1v) is 7.61. The van der Waals surface area contributed by atoms with Crippen LogP contribution in [0.1, 0.15) is 10.4 Å². The first-order valence-electron chi connectivity index (χ1n) is 7.61. The van der Waals surface area contributed by atoms with Gasteiger partial charge in [0.1, 0.15) is 29.1 Å². The topological polar surface area (TPSA) is 52.3 Å². The van der Waals surface area contributed by atoms with Crippen LogP contribution in [-0.2, 0) is 0 Å². The number of hydrogen-bond acceptors (Lipinski definition) is 4. The Morgan fingerprint density at radius 3 is 2.56 bits per heavy atom. The summed E-state index contributed by atoms with van der Waals surface area (Å²) >= 11 is 0. The minimum absolute atomic E-state index is 0.154. The lowest BCUT2D eigenvalue weighted by Crippen LogP contribution is -1.87. The van der Waals surface area contributed by atoms with Gasteiger partial charge in [-0.2, -0.15) is 0 Å². The molecule has 0 saturated heterocycles. The van der Waals surface area contributed by atoms with Crippen LogP contribution in [0.2, 0.25) is 0 Å². The van der Waals surface area contributed by atoms with Crippen LogP contribution in [-0.4, -0.2) is 11.3 Å². The van der Waals surface area contributed by atoms with Crippen LogP contribution >= 0.6 is 0 Å². The average molecular weight is 333 g/mol. The van der Waals surface area contributed by atoms with Crippen LogP contribution in [0.5, 0.6) is 11.5 Å². The molecule has 0 spiro atoms. The minimum Gasteiger partial charge on any atom is -0.457 e. The number of aromatic nitrogens is 1. The van der Waals surface area contributed by atoms with Crippen molar-refractivity contribution < 1.29 is 18.3 Å². The molecule has 0 N–H and O–H groups in total. The quantitative estimate of drug-likeness (QED) is 0.479. The maximum atomic E-state index is 14.1. The third-order valence-corrected chi connectivity index (χ3v) is 3.70. The van der Waals surface area contributed by atoms with Crippen molar-refractivity contribution in [1.82, 2.24) is 4.98 Å². The number of nitrogens with zero attached hydrogens (tertiary/aromatic N) is 1. The Bertz CT molecular complexity index is 1060. The van der Waals surface area contributed by atoms with Crippen molar-refractivity contribution in [2.24, 2.45) is 0 Å². The first kappa shape index (κ1) is 15.1. The van der Waals surface area contributed by atoms with Crippen LogP contribution in [0.15, 0.2) is 71.1 Å². The number of fused-ring (bicyclic) bond motifs is 1. The number of aldehydes is 1. The summed E-state index contributed by atoms with van der Waals surface area (Å²) in [6.07, 6.45) is 0.589. The van der Waals surface area contributed by atoms with Crippen LogP contribution in [0.4, 0.5) is 4.39 Å². The smallest absolute Gasteiger partial charge is 0.230 e. The second-order valence-electron chi connectivity index (χ2n) is 5.42. The minimum atomic E-state index is -0.558. The molecule has 0 unspecified atom stereocenters. The predicted molar refractivity (Wildman–Crippen MR) is 91.3 cm³/mol. The highest BCUT2D eigenvalue weighted by Crippen LogP contribution is 2.30. The van der Waals surface area contributed by atoms with E-state index in [2.05, 4.69) is 4.98 Å². The molecule has 122 valence electrons. The van der Waals surface area contributed by atoms with Crippen molar-refractivity contribution >= 4 is 17.4 Å². The number of rotatable bonds is 4. The van der Waals surface area contributed by atoms with Crippen LogP contribution in [0.25, 0.3) is 22.6 Å². The number of oxazole rings is 1. The number of carbonyl (C=O) groups excluding carboxylic acids is 1. The molecule has 5 heteroatoms. The third-order valence-electron chi connectivity index (χ3n) is 3.70. The van der Waals surface area contributed by atoms with Crippen molar-refractivity contribution in [1.29, 1.82) is 0 Å². The van der Waals surface area contributed by atoms with E-state index in [1.54, 1.807) is 18.2 Å². The van der Waals surface area contributed by atoms with Gasteiger partial charge in [0.25, 0.3) is 0 Å². The number of hydrogen-bond donors (Lipinski definition) is 0. The Hall–Kier alpha value is -3.47. The summed E-state index contributed by atoms with van der Waals surface area (Å²) in [5.41, 5.74) is 1.54. The van der Waals surface area contributed by atoms with Crippen molar-refractivity contribution in [2.45, 2.75) is 0 Å². The largest absolute Gasteiger partial charge is 0.457 e. The lowest BCUT2D eigenvalue weighted by Gasteiger charge is -2.04. The second kappa shape index (κ2) is 6.20. The molecule has 0 aliphatic carbocycles. The number of carbonyl (C=O) groups is 1. The Kier molecular flexibility index (Phi) is 3.74. The lowest BCUT2D eigenvalue weighted by atomic mass is 10.1. The van der Waals surface area contributed by atoms with Gasteiger partial charge in [0.2, 0.25) is 5.89 Å². The fourth-order valence-electron chi connectivity index (χ4n) is 2.49. The van der Waals surface area contributed by atoms with Gasteiger partial charge in [-0.3, -0.25) is 4.79 Å². The van der Waals surface area contributed by atoms with Crippen molar-refractivity contribution in [3.8, 4) is 23.0 Å². The molecule has 0 bridgehead atoms. The molecule has 1 aromatic heterocycles. The summed E-state index contributed by atoms with van der Waals surface area (Å²) < 4.78 is 25.5. The predicted octanol–water partition coefficient (Wildman–Crippen LogP) is 5.24. The van der Waals surface area contributed by atoms with E-state index in [9.17, 15) is 9.18 Å². The fraction of sp³-hybridized carbons (Fsp3) is 0. The highest BCUT2D eigenvalue weighted by atomic mass is 19.1. The molecular formula is C20H12FNO3. The van der Waals surface area contributed by atoms with E-state index in [0.29, 0.717) is 28.9 Å². The molecule has 4 aromatic rings. The summed E-state index contributed by atoms with van der Waals surface area (Å²) in [6, 6.07) is 18.7. The molecule has 0 fully saturated rings. The second-order valence-corrected chi connectivity index (χ2v) is 5.42. The standard InChI is InChI=1S/C20H12FNO3/c21-17-10-13(12-23)6-8-16(17)20-22-18-11-15(7-9-19(18)25-20)24-14-4-2-1-3-5-14/h1-12H. The van der Waals surface area contributed by atoms with Crippen molar-refractivity contribution in [3.63, 3.8) is 0 Å². The first-order chi connectivity index (χ1) is 12.2. The fourth-order valence-corrected chi connectivity index (χ4v) is 2.49. The molecule has 4 nitrogen and oxygen atoms in total. The Morgan fingerprint density at radius 1 is 0.960 bits per heavy atom. The molecule has 1 heterocycles. The molecule has 0 saturated carbocycles. The number of halogens is 1. The maximum absolute atomic E-state index is 14.1. The van der Waals surface area contributed by atoms with Gasteiger partial charge in [-0.1, -0.05) is 24.3 Å². The molecule has 0 amide bonds. The summed E-state index contributed by atoms with van der Waals surface area (Å²) in [7, 11) is 0. The van der Waals surface area contributed by atoms with Gasteiger partial charge in [0.05, 0.1) is 5.56 Å². The molecule has 4 rings (SSSR count). The van der Waals surface area contributed by atoms with Crippen LogP contribution in [0, 0.1) is 5.82 Å². The monoisotopic (exact) mass is 333 g/mol. The highest BCUT2D eigenvalue weighted by molar-refractivity contribution is 5.79. The van der Waals surface area contributed by atoms with Crippen LogP contribution < -0.4 is 4.74 Å². The molecular weight excluding hydrogens is 321 g/mol. The van der Waals surface area contributed by atoms with Gasteiger partial charge in [-0.25, -0.2) is 9.37 Å². The molecule has 0 atom stereocenters. The zero-order chi connectivity index (χ0) is 17.2. The Morgan fingerprint density at radius 2 is 1.80 bits per heavy atom. The van der Waals surface area contributed by atoms with Gasteiger partial charge in [-0.05, 0) is 36.4 Å². The van der Waals surface area contributed by atoms with E-state index in [-0.39, 0.29) is 17.0 Å². The van der Waals surface area contributed by atoms with E-state index in [1.165, 1.54) is 12.1 Å². The zero-order valence-corrected chi connectivity index (χ0v) is 13.0. The normalized spacial score (nSPS) is 10.8. The van der Waals surface area contributed by atoms with Crippen molar-refractivity contribution in [2.75, 3.05) is 0 Å². The SMILES string of the molecule is O=Cc1ccc(-c2nc3cc(Oc4ccccc4)ccc3o2)c(F)c1. The lowest BCUT2D eigenvalue weighted by molar-refractivity contribution is 0.112. The molecule has 0 radical (unpaired) electrons. The van der Waals surface area contributed by atoms with Gasteiger partial charge >= 0.3 is 0 Å². The van der Waals surface area contributed by atoms with Gasteiger partial charge in [0.15, 0.2) is 5.58 Å². The van der Waals surface area contributed by atoms with E-state index in [0.717, 1.165) is 6.07 Å². The van der Waals surface area contributed by atoms with Crippen molar-refractivity contribution in [3.05, 3.63) is 78.1 Å². The summed E-state index contributed by atoms with van der Waals surface area (Å²) in [6.45, 7) is 0. The third kappa shape index (κ3) is 2.99. The van der Waals surface area contributed by atoms with E-state index in [4.69, 9.17) is 9.15 Å². The van der Waals surface area contributed by atoms with Gasteiger partial charge < -0.3 is 9.15 Å². The van der Waals surface area contributed by atoms with E-state index < -0.39 is 5.82 Å². The Balaban J connectivity index is 1.70. The van der Waals surface area contributed by atoms with Gasteiger partial charge in [0, 0.05) is 11.6 Å². The summed E-state index contributed by atoms with van der Waals surface area (Å²) in [5, 5.41) is 0. The van der Waals surface area contributed by atoms with E-state index >= 15 is 0 Å². The summed E-state index contributed by atoms with van der Waals surface area (Å²) in [5.74, 6) is 0.912. The summed E-state index contributed by atoms with van der Waals surface area (Å²) in [4.78, 5) is 15.0. The number of ether oxygens (including phenoxy) is 1. The van der Waals surface area contributed by atoms with Gasteiger partial charge in [-0.15, -0.1) is 0 Å². The highest BCUT2D eigenvalue weighted by Gasteiger charge is 2.14. The van der Waals surface area contributed by atoms with Crippen LogP contribution in [0.3, 0.4) is 0 Å². The average Bonchev–Trinajstić information content (AvgIpc) is 3.05. The molecule has 3 aromatic carbocycles. The van der Waals surface area contributed by atoms with E-state index in [1.807, 2.05) is 30.3 Å². The number of benzene rings is 3. The molecule has 25 heavy (non-hydrogen) atoms.